The van der Waals surface area contributed by atoms with E-state index in [2.05, 4.69) is 0 Å². The molecule has 1 saturated heterocycles. The molecule has 0 aliphatic carbocycles. The van der Waals surface area contributed by atoms with Crippen LogP contribution in [-0.4, -0.2) is 45.3 Å². The summed E-state index contributed by atoms with van der Waals surface area (Å²) in [6, 6.07) is 13.2. The van der Waals surface area contributed by atoms with Crippen LogP contribution < -0.4 is 10.5 Å². The lowest BCUT2D eigenvalue weighted by molar-refractivity contribution is 0.0366. The van der Waals surface area contributed by atoms with Crippen molar-refractivity contribution in [1.29, 1.82) is 0 Å². The number of halogens is 1. The second-order valence-corrected chi connectivity index (χ2v) is 9.22. The van der Waals surface area contributed by atoms with Gasteiger partial charge < -0.3 is 15.2 Å². The third-order valence-corrected chi connectivity index (χ3v) is 7.55. The zero-order valence-electron chi connectivity index (χ0n) is 16.0. The molecule has 28 heavy (non-hydrogen) atoms. The Morgan fingerprint density at radius 2 is 1.93 bits per heavy atom. The van der Waals surface area contributed by atoms with Crippen LogP contribution >= 0.6 is 0 Å². The minimum atomic E-state index is -3.82. The summed E-state index contributed by atoms with van der Waals surface area (Å²) < 4.78 is 53.0. The van der Waals surface area contributed by atoms with E-state index in [1.54, 1.807) is 43.5 Å². The summed E-state index contributed by atoms with van der Waals surface area (Å²) in [6.45, 7) is 0.374. The predicted molar refractivity (Wildman–Crippen MR) is 105 cm³/mol. The Kier molecular flexibility index (Phi) is 6.04. The standard InChI is InChI=1S/C20H25FN2O4S/c1-23(13-15-7-9-16(26-2)10-8-15)28(24,25)19-11-12-27-14-20(19,22)17-5-3-4-6-18(17)21/h3-10,19H,11-14,22H2,1-2H3. The van der Waals surface area contributed by atoms with Gasteiger partial charge in [-0.15, -0.1) is 0 Å². The molecule has 2 atom stereocenters. The monoisotopic (exact) mass is 408 g/mol. The third-order valence-electron chi connectivity index (χ3n) is 5.17. The Bertz CT molecular complexity index is 920. The van der Waals surface area contributed by atoms with Gasteiger partial charge >= 0.3 is 0 Å². The first-order valence-electron chi connectivity index (χ1n) is 8.99. The molecule has 0 saturated carbocycles. The fraction of sp³-hybridized carbons (Fsp3) is 0.400. The summed E-state index contributed by atoms with van der Waals surface area (Å²) in [5.41, 5.74) is 6.00. The zero-order valence-corrected chi connectivity index (χ0v) is 16.8. The van der Waals surface area contributed by atoms with Crippen molar-refractivity contribution < 1.29 is 22.3 Å². The van der Waals surface area contributed by atoms with Gasteiger partial charge in [-0.1, -0.05) is 30.3 Å². The van der Waals surface area contributed by atoms with Crippen molar-refractivity contribution in [1.82, 2.24) is 4.31 Å². The van der Waals surface area contributed by atoms with Crippen molar-refractivity contribution in [3.8, 4) is 5.75 Å². The Labute approximate surface area is 165 Å². The van der Waals surface area contributed by atoms with Gasteiger partial charge in [0.25, 0.3) is 0 Å². The smallest absolute Gasteiger partial charge is 0.219 e. The van der Waals surface area contributed by atoms with Crippen molar-refractivity contribution in [2.24, 2.45) is 5.73 Å². The molecule has 0 amide bonds. The number of nitrogens with two attached hydrogens (primary N) is 1. The molecule has 152 valence electrons. The molecule has 0 spiro atoms. The van der Waals surface area contributed by atoms with Crippen LogP contribution in [0.1, 0.15) is 17.5 Å². The van der Waals surface area contributed by atoms with E-state index in [9.17, 15) is 12.8 Å². The highest BCUT2D eigenvalue weighted by Crippen LogP contribution is 2.35. The van der Waals surface area contributed by atoms with E-state index in [0.717, 1.165) is 5.56 Å². The molecule has 2 aromatic carbocycles. The minimum absolute atomic E-state index is 0.0613. The topological polar surface area (TPSA) is 81.9 Å². The van der Waals surface area contributed by atoms with Crippen molar-refractivity contribution in [3.05, 3.63) is 65.5 Å². The maximum atomic E-state index is 14.4. The van der Waals surface area contributed by atoms with Crippen molar-refractivity contribution in [2.75, 3.05) is 27.4 Å². The molecule has 0 bridgehead atoms. The van der Waals surface area contributed by atoms with Crippen molar-refractivity contribution >= 4 is 10.0 Å². The summed E-state index contributed by atoms with van der Waals surface area (Å²) in [4.78, 5) is 0. The Balaban J connectivity index is 1.90. The maximum absolute atomic E-state index is 14.4. The average Bonchev–Trinajstić information content (AvgIpc) is 2.69. The van der Waals surface area contributed by atoms with E-state index < -0.39 is 26.6 Å². The summed E-state index contributed by atoms with van der Waals surface area (Å²) in [6.07, 6.45) is 0.195. The number of hydrogen-bond donors (Lipinski definition) is 1. The normalized spacial score (nSPS) is 23.0. The SMILES string of the molecule is COc1ccc(CN(C)S(=O)(=O)C2CCOCC2(N)c2ccccc2F)cc1. The highest BCUT2D eigenvalue weighted by molar-refractivity contribution is 7.89. The molecule has 1 heterocycles. The van der Waals surface area contributed by atoms with Crippen LogP contribution in [0.4, 0.5) is 4.39 Å². The van der Waals surface area contributed by atoms with Gasteiger partial charge in [0.2, 0.25) is 10.0 Å². The lowest BCUT2D eigenvalue weighted by Crippen LogP contribution is -2.60. The first kappa shape index (κ1) is 20.7. The van der Waals surface area contributed by atoms with Crippen LogP contribution in [0.3, 0.4) is 0 Å². The Hall–Kier alpha value is -2.00. The second-order valence-electron chi connectivity index (χ2n) is 7.00. The van der Waals surface area contributed by atoms with Gasteiger partial charge in [-0.05, 0) is 30.2 Å². The number of sulfonamides is 1. The molecule has 3 rings (SSSR count). The van der Waals surface area contributed by atoms with Crippen molar-refractivity contribution in [3.63, 3.8) is 0 Å². The number of methoxy groups -OCH3 is 1. The first-order chi connectivity index (χ1) is 13.3. The number of benzene rings is 2. The summed E-state index contributed by atoms with van der Waals surface area (Å²) in [7, 11) is -0.738. The predicted octanol–water partition coefficient (Wildman–Crippen LogP) is 2.24. The molecular weight excluding hydrogens is 383 g/mol. The van der Waals surface area contributed by atoms with Crippen LogP contribution in [-0.2, 0) is 26.8 Å². The fourth-order valence-electron chi connectivity index (χ4n) is 3.58. The molecule has 6 nitrogen and oxygen atoms in total. The highest BCUT2D eigenvalue weighted by Gasteiger charge is 2.49. The number of ether oxygens (including phenoxy) is 2. The Morgan fingerprint density at radius 1 is 1.25 bits per heavy atom. The lowest BCUT2D eigenvalue weighted by Gasteiger charge is -2.42. The van der Waals surface area contributed by atoms with Crippen LogP contribution in [0.15, 0.2) is 48.5 Å². The van der Waals surface area contributed by atoms with Gasteiger partial charge in [0.1, 0.15) is 16.8 Å². The van der Waals surface area contributed by atoms with Gasteiger partial charge in [-0.2, -0.15) is 0 Å². The summed E-state index contributed by atoms with van der Waals surface area (Å²) in [5, 5.41) is -0.992. The van der Waals surface area contributed by atoms with E-state index >= 15 is 0 Å². The molecule has 0 aromatic heterocycles. The van der Waals surface area contributed by atoms with Crippen LogP contribution in [0, 0.1) is 5.82 Å². The molecule has 2 unspecified atom stereocenters. The van der Waals surface area contributed by atoms with E-state index in [1.165, 1.54) is 23.5 Å². The fourth-order valence-corrected chi connectivity index (χ4v) is 5.47. The summed E-state index contributed by atoms with van der Waals surface area (Å²) in [5.74, 6) is 0.160. The van der Waals surface area contributed by atoms with Gasteiger partial charge in [0.15, 0.2) is 0 Å². The molecule has 1 aliphatic rings. The third kappa shape index (κ3) is 3.91. The van der Waals surface area contributed by atoms with Gasteiger partial charge in [0.05, 0.1) is 19.3 Å². The molecule has 2 aromatic rings. The molecule has 2 N–H and O–H groups in total. The van der Waals surface area contributed by atoms with E-state index in [1.807, 2.05) is 0 Å². The molecule has 1 aliphatic heterocycles. The molecule has 1 fully saturated rings. The molecular formula is C20H25FN2O4S. The van der Waals surface area contributed by atoms with Crippen molar-refractivity contribution in [2.45, 2.75) is 23.8 Å². The second kappa shape index (κ2) is 8.16. The van der Waals surface area contributed by atoms with Crippen LogP contribution in [0.25, 0.3) is 0 Å². The first-order valence-corrected chi connectivity index (χ1v) is 10.5. The number of hydrogen-bond acceptors (Lipinski definition) is 5. The Morgan fingerprint density at radius 3 is 2.57 bits per heavy atom. The largest absolute Gasteiger partial charge is 0.497 e. The minimum Gasteiger partial charge on any atom is -0.497 e. The van der Waals surface area contributed by atoms with E-state index in [0.29, 0.717) is 5.75 Å². The van der Waals surface area contributed by atoms with Gasteiger partial charge in [-0.3, -0.25) is 0 Å². The number of rotatable bonds is 6. The van der Waals surface area contributed by atoms with Crippen LogP contribution in [0.5, 0.6) is 5.75 Å². The zero-order chi connectivity index (χ0) is 20.4. The van der Waals surface area contributed by atoms with Gasteiger partial charge in [0, 0.05) is 25.8 Å². The molecule has 8 heteroatoms. The lowest BCUT2D eigenvalue weighted by atomic mass is 9.85. The highest BCUT2D eigenvalue weighted by atomic mass is 32.2. The quantitative estimate of drug-likeness (QED) is 0.793. The summed E-state index contributed by atoms with van der Waals surface area (Å²) >= 11 is 0. The van der Waals surface area contributed by atoms with Crippen LogP contribution in [0.2, 0.25) is 0 Å². The van der Waals surface area contributed by atoms with E-state index in [4.69, 9.17) is 15.2 Å². The average molecular weight is 408 g/mol. The maximum Gasteiger partial charge on any atom is 0.219 e. The van der Waals surface area contributed by atoms with E-state index in [-0.39, 0.29) is 31.7 Å². The molecule has 0 radical (unpaired) electrons. The van der Waals surface area contributed by atoms with Gasteiger partial charge in [-0.25, -0.2) is 17.1 Å². The number of nitrogens with zero attached hydrogens (tertiary/aromatic N) is 1.